The van der Waals surface area contributed by atoms with Crippen molar-refractivity contribution >= 4 is 70.1 Å². The highest BCUT2D eigenvalue weighted by atomic mass is 16.5. The van der Waals surface area contributed by atoms with Gasteiger partial charge in [-0.2, -0.15) is 0 Å². The van der Waals surface area contributed by atoms with Crippen molar-refractivity contribution in [2.45, 2.75) is 89.1 Å². The van der Waals surface area contributed by atoms with Gasteiger partial charge in [-0.25, -0.2) is 29.1 Å². The van der Waals surface area contributed by atoms with Crippen molar-refractivity contribution in [3.8, 4) is 0 Å². The van der Waals surface area contributed by atoms with Gasteiger partial charge in [0.1, 0.15) is 12.1 Å². The van der Waals surface area contributed by atoms with Crippen LogP contribution in [0.1, 0.15) is 117 Å². The molecule has 2 fully saturated rings. The van der Waals surface area contributed by atoms with E-state index in [-0.39, 0.29) is 58.3 Å². The van der Waals surface area contributed by atoms with E-state index in [1.54, 1.807) is 62.8 Å². The first-order valence-electron chi connectivity index (χ1n) is 24.0. The number of carbonyl (C=O) groups excluding carboxylic acids is 7. The molecule has 4 aliphatic rings. The lowest BCUT2D eigenvalue weighted by Crippen LogP contribution is -2.49. The molecule has 4 aromatic carbocycles. The fraction of sp³-hybridized carbons (Fsp3) is 0.382. The zero-order valence-electron chi connectivity index (χ0n) is 40.9. The average molecular weight is 993 g/mol. The summed E-state index contributed by atoms with van der Waals surface area (Å²) in [6, 6.07) is 19.9. The third-order valence-electron chi connectivity index (χ3n) is 14.3. The van der Waals surface area contributed by atoms with Crippen LogP contribution in [0.2, 0.25) is 0 Å². The first-order chi connectivity index (χ1) is 35.1. The Morgan fingerprint density at radius 2 is 0.945 bits per heavy atom. The highest BCUT2D eigenvalue weighted by Crippen LogP contribution is 2.43. The Labute approximate surface area is 422 Å². The van der Waals surface area contributed by atoms with Gasteiger partial charge in [-0.05, 0) is 86.1 Å². The number of amides is 6. The molecule has 2 saturated carbocycles. The molecule has 0 bridgehead atoms. The van der Waals surface area contributed by atoms with Gasteiger partial charge in [-0.15, -0.1) is 0 Å². The summed E-state index contributed by atoms with van der Waals surface area (Å²) in [6.07, 6.45) is 8.07. The molecule has 2 unspecified atom stereocenters. The van der Waals surface area contributed by atoms with Crippen LogP contribution in [0.4, 0.5) is 22.7 Å². The molecule has 2 atom stereocenters. The molecule has 6 amide bonds. The quantitative estimate of drug-likeness (QED) is 0.0499. The molecule has 0 radical (unpaired) electrons. The van der Waals surface area contributed by atoms with Crippen molar-refractivity contribution in [2.24, 2.45) is 10.8 Å². The van der Waals surface area contributed by atoms with Gasteiger partial charge in [0.25, 0.3) is 23.6 Å². The first kappa shape index (κ1) is 52.8. The number of carbonyl (C=O) groups is 8. The van der Waals surface area contributed by atoms with Crippen molar-refractivity contribution < 1.29 is 57.7 Å². The van der Waals surface area contributed by atoms with Crippen molar-refractivity contribution in [1.82, 2.24) is 10.6 Å². The Hall–Kier alpha value is -8.06. The number of carboxylic acids is 1. The number of benzene rings is 4. The average Bonchev–Trinajstić information content (AvgIpc) is 4.20. The number of esters is 1. The lowest BCUT2D eigenvalue weighted by molar-refractivity contribution is -0.147. The van der Waals surface area contributed by atoms with E-state index in [1.807, 2.05) is 0 Å². The molecular weight excluding hydrogens is 937 g/mol. The lowest BCUT2D eigenvalue weighted by Gasteiger charge is -2.29. The molecule has 378 valence electrons. The third-order valence-corrected chi connectivity index (χ3v) is 14.3. The number of carboxylic acid groups (broad SMARTS) is 1. The van der Waals surface area contributed by atoms with Crippen molar-refractivity contribution in [2.75, 3.05) is 44.3 Å². The number of nitrogens with zero attached hydrogens (tertiary/aromatic N) is 4. The summed E-state index contributed by atoms with van der Waals surface area (Å²) < 4.78 is 15.3. The minimum Gasteiger partial charge on any atom is -0.480 e. The number of rotatable bonds is 18. The van der Waals surface area contributed by atoms with E-state index in [0.29, 0.717) is 55.8 Å². The maximum atomic E-state index is 13.3. The van der Waals surface area contributed by atoms with E-state index in [0.717, 1.165) is 53.9 Å². The van der Waals surface area contributed by atoms with Crippen LogP contribution in [0, 0.1) is 24.0 Å². The summed E-state index contributed by atoms with van der Waals surface area (Å²) >= 11 is 0. The predicted molar refractivity (Wildman–Crippen MR) is 266 cm³/mol. The molecule has 8 rings (SSSR count). The number of ether oxygens (including phenoxy) is 3. The number of imide groups is 2. The zero-order valence-corrected chi connectivity index (χ0v) is 40.9. The number of nitrogens with one attached hydrogen (secondary N) is 2. The summed E-state index contributed by atoms with van der Waals surface area (Å²) in [5.41, 5.74) is 2.35. The number of methoxy groups -OCH3 is 3. The Bertz CT molecular complexity index is 2890. The number of hydrogen-bond acceptors (Lipinski definition) is 11. The van der Waals surface area contributed by atoms with Crippen LogP contribution in [0.5, 0.6) is 0 Å². The Kier molecular flexibility index (Phi) is 16.6. The highest BCUT2D eigenvalue weighted by Gasteiger charge is 2.44. The Balaban J connectivity index is 0.000000214. The van der Waals surface area contributed by atoms with E-state index in [1.165, 1.54) is 43.5 Å². The fourth-order valence-electron chi connectivity index (χ4n) is 10.1. The number of aliphatic carboxylic acids is 1. The van der Waals surface area contributed by atoms with Gasteiger partial charge < -0.3 is 30.0 Å². The second-order valence-electron chi connectivity index (χ2n) is 18.7. The highest BCUT2D eigenvalue weighted by molar-refractivity contribution is 6.35. The van der Waals surface area contributed by atoms with Crippen LogP contribution in [0.25, 0.3) is 9.69 Å². The summed E-state index contributed by atoms with van der Waals surface area (Å²) in [5, 5.41) is 15.4. The minimum atomic E-state index is -1.14. The summed E-state index contributed by atoms with van der Waals surface area (Å²) in [6.45, 7) is 15.2. The van der Waals surface area contributed by atoms with Gasteiger partial charge in [-0.1, -0.05) is 74.2 Å². The molecule has 2 aliphatic carbocycles. The zero-order chi connectivity index (χ0) is 52.5. The molecule has 2 heterocycles. The molecule has 4 aromatic rings. The van der Waals surface area contributed by atoms with Crippen molar-refractivity contribution in [3.63, 3.8) is 0 Å². The molecule has 73 heavy (non-hydrogen) atoms. The van der Waals surface area contributed by atoms with Crippen LogP contribution < -0.4 is 20.4 Å². The van der Waals surface area contributed by atoms with Crippen LogP contribution >= 0.6 is 0 Å². The van der Waals surface area contributed by atoms with E-state index >= 15 is 0 Å². The molecule has 0 spiro atoms. The summed E-state index contributed by atoms with van der Waals surface area (Å²) in [7, 11) is 4.47. The minimum absolute atomic E-state index is 0.0538. The summed E-state index contributed by atoms with van der Waals surface area (Å²) in [5.74, 6) is -4.05. The lowest BCUT2D eigenvalue weighted by atomic mass is 9.81. The largest absolute Gasteiger partial charge is 0.480 e. The second-order valence-corrected chi connectivity index (χ2v) is 18.7. The Morgan fingerprint density at radius 1 is 0.575 bits per heavy atom. The number of fused-ring (bicyclic) bond motifs is 2. The van der Waals surface area contributed by atoms with Gasteiger partial charge in [0.15, 0.2) is 11.4 Å². The van der Waals surface area contributed by atoms with E-state index < -0.39 is 58.5 Å². The molecule has 0 aromatic heterocycles. The molecule has 2 aliphatic heterocycles. The maximum absolute atomic E-state index is 13.3. The fourth-order valence-corrected chi connectivity index (χ4v) is 10.1. The monoisotopic (exact) mass is 992 g/mol. The van der Waals surface area contributed by atoms with Gasteiger partial charge in [0, 0.05) is 51.4 Å². The second kappa shape index (κ2) is 23.0. The maximum Gasteiger partial charge on any atom is 0.328 e. The predicted octanol–water partition coefficient (Wildman–Crippen LogP) is 7.58. The topological polar surface area (TPSA) is 224 Å². The van der Waals surface area contributed by atoms with E-state index in [4.69, 9.17) is 27.4 Å². The molecule has 0 saturated heterocycles. The van der Waals surface area contributed by atoms with E-state index in [9.17, 15) is 43.5 Å². The smallest absolute Gasteiger partial charge is 0.328 e. The standard InChI is InChI=1S/C28H29N3O6.C27H27N3O6/c1-29-19-8-11-21-22(17-19)25(33)31(24(21)32)20-9-6-18(7-10-20)16-23(26(34)37-3)30-27(35)28(14-15-36-2)12-4-5-13-28;1-28-18-7-10-20-21(16-18)24(32)30(23(20)31)19-8-5-17(6-9-19)15-22(25(33)34)29-26(35)27(13-14-36-2)11-3-4-12-27/h6-11,17,23H,4-5,12-16H2,2-3H3,(H,30,35);5-10,16,22H,3-4,11-15H2,2H3,(H,29,35)(H,33,34). The molecule has 18 nitrogen and oxygen atoms in total. The van der Waals surface area contributed by atoms with Gasteiger partial charge >= 0.3 is 11.9 Å². The molecular formula is C55H56N6O12. The van der Waals surface area contributed by atoms with Gasteiger partial charge in [0.05, 0.1) is 53.6 Å². The number of anilines is 2. The first-order valence-corrected chi connectivity index (χ1v) is 24.0. The molecule has 18 heteroatoms. The normalized spacial score (nSPS) is 16.8. The third kappa shape index (κ3) is 11.2. The van der Waals surface area contributed by atoms with Crippen LogP contribution in [-0.4, -0.2) is 99.1 Å². The SMILES string of the molecule is [C-]#[N+]c1ccc2c(c1)C(=O)N(c1ccc(CC(NC(=O)C3(CCOC)CCCC3)C(=O)O)cc1)C2=O.[C-]#[N+]c1ccc2c(c1)C(=O)N(c1ccc(CC(NC(=O)C3(CCOC)CCCC3)C(=O)OC)cc1)C2=O. The van der Waals surface area contributed by atoms with Crippen LogP contribution in [0.15, 0.2) is 84.9 Å². The number of hydrogen-bond donors (Lipinski definition) is 3. The summed E-state index contributed by atoms with van der Waals surface area (Å²) in [4.78, 5) is 111. The van der Waals surface area contributed by atoms with Gasteiger partial charge in [-0.3, -0.25) is 28.8 Å². The molecule has 3 N–H and O–H groups in total. The van der Waals surface area contributed by atoms with Crippen LogP contribution in [0.3, 0.4) is 0 Å². The van der Waals surface area contributed by atoms with E-state index in [2.05, 4.69) is 20.3 Å². The Morgan fingerprint density at radius 3 is 1.30 bits per heavy atom. The van der Waals surface area contributed by atoms with Crippen molar-refractivity contribution in [1.29, 1.82) is 0 Å². The van der Waals surface area contributed by atoms with Gasteiger partial charge in [0.2, 0.25) is 11.8 Å². The van der Waals surface area contributed by atoms with Crippen LogP contribution in [-0.2, 0) is 46.2 Å². The van der Waals surface area contributed by atoms with Crippen molar-refractivity contribution in [3.05, 3.63) is 141 Å².